The van der Waals surface area contributed by atoms with Crippen molar-refractivity contribution >= 4 is 33.0 Å². The summed E-state index contributed by atoms with van der Waals surface area (Å²) in [7, 11) is 0. The van der Waals surface area contributed by atoms with Crippen molar-refractivity contribution in [3.63, 3.8) is 0 Å². The maximum absolute atomic E-state index is 10.8. The number of carbonyl (C=O) groups excluding carboxylic acids is 1. The van der Waals surface area contributed by atoms with Gasteiger partial charge in [0.2, 0.25) is 0 Å². The van der Waals surface area contributed by atoms with Gasteiger partial charge in [-0.25, -0.2) is 0 Å². The van der Waals surface area contributed by atoms with Crippen LogP contribution in [0.15, 0.2) is 9.85 Å². The molecule has 3 heteroatoms. The molecule has 60 valence electrons. The molecular formula is C8H9BrOS. The topological polar surface area (TPSA) is 17.1 Å². The molecule has 0 N–H and O–H groups in total. The molecule has 1 aromatic rings. The van der Waals surface area contributed by atoms with Crippen LogP contribution in [-0.2, 0) is 11.2 Å². The summed E-state index contributed by atoms with van der Waals surface area (Å²) >= 11 is 5.02. The molecule has 1 aromatic heterocycles. The van der Waals surface area contributed by atoms with Gasteiger partial charge < -0.3 is 0 Å². The molecule has 0 saturated heterocycles. The van der Waals surface area contributed by atoms with E-state index in [4.69, 9.17) is 0 Å². The normalized spacial score (nSPS) is 10.1. The first-order valence-corrected chi connectivity index (χ1v) is 4.95. The molecule has 0 amide bonds. The number of carbonyl (C=O) groups is 1. The predicted octanol–water partition coefficient (Wildman–Crippen LogP) is 2.95. The smallest absolute Gasteiger partial charge is 0.135 e. The Hall–Kier alpha value is -0.150. The summed E-state index contributed by atoms with van der Waals surface area (Å²) in [5.74, 6) is 0.224. The molecule has 0 aliphatic heterocycles. The maximum atomic E-state index is 10.8. The highest BCUT2D eigenvalue weighted by Gasteiger charge is 2.05. The molecule has 1 nitrogen and oxygen atoms in total. The first-order chi connectivity index (χ1) is 5.09. The lowest BCUT2D eigenvalue weighted by molar-refractivity contribution is -0.116. The van der Waals surface area contributed by atoms with Crippen molar-refractivity contribution in [2.45, 2.75) is 20.3 Å². The van der Waals surface area contributed by atoms with E-state index in [1.807, 2.05) is 13.0 Å². The minimum Gasteiger partial charge on any atom is -0.300 e. The van der Waals surface area contributed by atoms with Crippen LogP contribution in [-0.4, -0.2) is 5.78 Å². The molecule has 0 spiro atoms. The third kappa shape index (κ3) is 2.42. The maximum Gasteiger partial charge on any atom is 0.135 e. The summed E-state index contributed by atoms with van der Waals surface area (Å²) in [4.78, 5) is 11.9. The van der Waals surface area contributed by atoms with Crippen molar-refractivity contribution in [1.29, 1.82) is 0 Å². The summed E-state index contributed by atoms with van der Waals surface area (Å²) in [5.41, 5.74) is 1.21. The summed E-state index contributed by atoms with van der Waals surface area (Å²) in [6.07, 6.45) is 0.572. The van der Waals surface area contributed by atoms with Crippen LogP contribution in [0.2, 0.25) is 0 Å². The van der Waals surface area contributed by atoms with Crippen LogP contribution in [0.4, 0.5) is 0 Å². The van der Waals surface area contributed by atoms with Crippen LogP contribution >= 0.6 is 27.3 Å². The summed E-state index contributed by atoms with van der Waals surface area (Å²) in [6.45, 7) is 3.65. The van der Waals surface area contributed by atoms with E-state index in [9.17, 15) is 4.79 Å². The highest BCUT2D eigenvalue weighted by molar-refractivity contribution is 9.11. The molecule has 0 unspecified atom stereocenters. The van der Waals surface area contributed by atoms with Crippen molar-refractivity contribution in [3.8, 4) is 0 Å². The zero-order valence-electron chi connectivity index (χ0n) is 6.48. The van der Waals surface area contributed by atoms with Gasteiger partial charge in [0.25, 0.3) is 0 Å². The molecule has 0 fully saturated rings. The lowest BCUT2D eigenvalue weighted by Gasteiger charge is -1.92. The van der Waals surface area contributed by atoms with Gasteiger partial charge in [-0.15, -0.1) is 11.3 Å². The third-order valence-corrected chi connectivity index (χ3v) is 3.14. The molecule has 0 aliphatic rings. The van der Waals surface area contributed by atoms with E-state index < -0.39 is 0 Å². The van der Waals surface area contributed by atoms with E-state index in [1.165, 1.54) is 10.4 Å². The first kappa shape index (κ1) is 8.94. The van der Waals surface area contributed by atoms with Crippen LogP contribution in [0.25, 0.3) is 0 Å². The first-order valence-electron chi connectivity index (χ1n) is 3.34. The quantitative estimate of drug-likeness (QED) is 0.767. The summed E-state index contributed by atoms with van der Waals surface area (Å²) in [5, 5.41) is 0. The monoisotopic (exact) mass is 232 g/mol. The fraction of sp³-hybridized carbons (Fsp3) is 0.375. The number of hydrogen-bond donors (Lipinski definition) is 0. The molecule has 0 saturated carbocycles. The Bertz CT molecular complexity index is 278. The van der Waals surface area contributed by atoms with Crippen LogP contribution in [0.5, 0.6) is 0 Å². The standard InChI is InChI=1S/C8H9BrOS/c1-5-3-8(9)11-7(5)4-6(2)10/h3H,4H2,1-2H3. The van der Waals surface area contributed by atoms with Gasteiger partial charge in [-0.3, -0.25) is 4.79 Å². The van der Waals surface area contributed by atoms with Gasteiger partial charge in [0.15, 0.2) is 0 Å². The Morgan fingerprint density at radius 3 is 2.73 bits per heavy atom. The van der Waals surface area contributed by atoms with E-state index in [0.717, 1.165) is 3.79 Å². The van der Waals surface area contributed by atoms with Gasteiger partial charge in [0.05, 0.1) is 3.79 Å². The van der Waals surface area contributed by atoms with Crippen molar-refractivity contribution in [3.05, 3.63) is 20.3 Å². The van der Waals surface area contributed by atoms with Gasteiger partial charge in [-0.2, -0.15) is 0 Å². The second-order valence-electron chi connectivity index (χ2n) is 2.54. The molecule has 11 heavy (non-hydrogen) atoms. The van der Waals surface area contributed by atoms with E-state index in [1.54, 1.807) is 18.3 Å². The fourth-order valence-corrected chi connectivity index (χ4v) is 2.78. The molecule has 0 aliphatic carbocycles. The second kappa shape index (κ2) is 3.50. The van der Waals surface area contributed by atoms with Crippen molar-refractivity contribution < 1.29 is 4.79 Å². The van der Waals surface area contributed by atoms with Gasteiger partial charge >= 0.3 is 0 Å². The van der Waals surface area contributed by atoms with E-state index in [2.05, 4.69) is 15.9 Å². The lowest BCUT2D eigenvalue weighted by Crippen LogP contribution is -1.94. The molecule has 0 radical (unpaired) electrons. The molecule has 1 rings (SSSR count). The fourth-order valence-electron chi connectivity index (χ4n) is 0.880. The Balaban J connectivity index is 2.85. The van der Waals surface area contributed by atoms with Crippen LogP contribution < -0.4 is 0 Å². The average molecular weight is 233 g/mol. The Labute approximate surface area is 78.6 Å². The van der Waals surface area contributed by atoms with Crippen molar-refractivity contribution in [2.75, 3.05) is 0 Å². The van der Waals surface area contributed by atoms with Crippen LogP contribution in [0.3, 0.4) is 0 Å². The van der Waals surface area contributed by atoms with Gasteiger partial charge in [-0.1, -0.05) is 0 Å². The molecule has 0 aromatic carbocycles. The highest BCUT2D eigenvalue weighted by atomic mass is 79.9. The number of halogens is 1. The number of ketones is 1. The largest absolute Gasteiger partial charge is 0.300 e. The average Bonchev–Trinajstić information content (AvgIpc) is 2.09. The number of hydrogen-bond acceptors (Lipinski definition) is 2. The molecule has 0 bridgehead atoms. The number of aryl methyl sites for hydroxylation is 1. The van der Waals surface area contributed by atoms with E-state index in [0.29, 0.717) is 6.42 Å². The van der Waals surface area contributed by atoms with E-state index in [-0.39, 0.29) is 5.78 Å². The Morgan fingerprint density at radius 1 is 1.73 bits per heavy atom. The number of thiophene rings is 1. The van der Waals surface area contributed by atoms with Gasteiger partial charge in [0.1, 0.15) is 5.78 Å². The molecule has 0 atom stereocenters. The highest BCUT2D eigenvalue weighted by Crippen LogP contribution is 2.26. The number of rotatable bonds is 2. The van der Waals surface area contributed by atoms with Crippen LogP contribution in [0, 0.1) is 6.92 Å². The minimum absolute atomic E-state index is 0.224. The van der Waals surface area contributed by atoms with Gasteiger partial charge in [0, 0.05) is 11.3 Å². The second-order valence-corrected chi connectivity index (χ2v) is 5.05. The summed E-state index contributed by atoms with van der Waals surface area (Å²) < 4.78 is 1.10. The minimum atomic E-state index is 0.224. The van der Waals surface area contributed by atoms with Crippen LogP contribution in [0.1, 0.15) is 17.4 Å². The van der Waals surface area contributed by atoms with Gasteiger partial charge in [-0.05, 0) is 41.4 Å². The number of Topliss-reactive ketones (excluding diaryl/α,β-unsaturated/α-hetero) is 1. The molecule has 1 heterocycles. The van der Waals surface area contributed by atoms with E-state index >= 15 is 0 Å². The zero-order valence-corrected chi connectivity index (χ0v) is 8.88. The molecular weight excluding hydrogens is 224 g/mol. The Morgan fingerprint density at radius 2 is 2.36 bits per heavy atom. The zero-order chi connectivity index (χ0) is 8.43. The SMILES string of the molecule is CC(=O)Cc1sc(Br)cc1C. The van der Waals surface area contributed by atoms with Crippen molar-refractivity contribution in [1.82, 2.24) is 0 Å². The summed E-state index contributed by atoms with van der Waals surface area (Å²) in [6, 6.07) is 2.04. The lowest BCUT2D eigenvalue weighted by atomic mass is 10.2. The van der Waals surface area contributed by atoms with Crippen molar-refractivity contribution in [2.24, 2.45) is 0 Å². The Kier molecular flexibility index (Phi) is 2.84. The predicted molar refractivity (Wildman–Crippen MR) is 51.1 cm³/mol. The third-order valence-electron chi connectivity index (χ3n) is 1.40.